The topological polar surface area (TPSA) is 88.1 Å². The van der Waals surface area contributed by atoms with Crippen molar-refractivity contribution in [2.24, 2.45) is 5.41 Å². The predicted molar refractivity (Wildman–Crippen MR) is 106 cm³/mol. The standard InChI is InChI=1S/C22H24N2O5/c1-22(21(26)27)9-10-24(13-22)19(16-5-3-2-4-6-16)20(25)23-12-15-7-8-17-18(11-15)29-14-28-17/h2-8,11,19H,9-10,12-14H2,1H3,(H,23,25)(H,26,27). The molecule has 7 heteroatoms. The molecule has 0 aliphatic carbocycles. The number of hydrogen-bond acceptors (Lipinski definition) is 5. The second kappa shape index (κ2) is 7.75. The second-order valence-corrected chi connectivity index (χ2v) is 7.80. The SMILES string of the molecule is CC1(C(=O)O)CCN(C(C(=O)NCc2ccc3c(c2)OCO3)c2ccccc2)C1. The highest BCUT2D eigenvalue weighted by Gasteiger charge is 2.44. The third-order valence-electron chi connectivity index (χ3n) is 5.65. The van der Waals surface area contributed by atoms with Crippen LogP contribution in [0, 0.1) is 5.41 Å². The zero-order chi connectivity index (χ0) is 20.4. The number of carboxylic acid groups (broad SMARTS) is 1. The molecule has 0 radical (unpaired) electrons. The lowest BCUT2D eigenvalue weighted by atomic mass is 9.90. The minimum atomic E-state index is -0.843. The first kappa shape index (κ1) is 19.3. The third kappa shape index (κ3) is 3.91. The first-order valence-corrected chi connectivity index (χ1v) is 9.65. The molecule has 4 rings (SSSR count). The highest BCUT2D eigenvalue weighted by molar-refractivity contribution is 5.83. The molecule has 2 aromatic rings. The zero-order valence-electron chi connectivity index (χ0n) is 16.3. The highest BCUT2D eigenvalue weighted by Crippen LogP contribution is 2.36. The van der Waals surface area contributed by atoms with Gasteiger partial charge in [0.2, 0.25) is 12.7 Å². The van der Waals surface area contributed by atoms with E-state index in [1.807, 2.05) is 53.4 Å². The van der Waals surface area contributed by atoms with E-state index in [-0.39, 0.29) is 12.7 Å². The number of nitrogens with zero attached hydrogens (tertiary/aromatic N) is 1. The van der Waals surface area contributed by atoms with Crippen LogP contribution in [0.2, 0.25) is 0 Å². The predicted octanol–water partition coefficient (Wildman–Crippen LogP) is 2.57. The van der Waals surface area contributed by atoms with Crippen LogP contribution in [-0.4, -0.2) is 41.8 Å². The minimum Gasteiger partial charge on any atom is -0.481 e. The van der Waals surface area contributed by atoms with Crippen molar-refractivity contribution >= 4 is 11.9 Å². The Hall–Kier alpha value is -3.06. The number of rotatable bonds is 6. The summed E-state index contributed by atoms with van der Waals surface area (Å²) in [7, 11) is 0. The Kier molecular flexibility index (Phi) is 5.15. The molecule has 1 fully saturated rings. The third-order valence-corrected chi connectivity index (χ3v) is 5.65. The van der Waals surface area contributed by atoms with Crippen molar-refractivity contribution in [3.63, 3.8) is 0 Å². The molecule has 2 atom stereocenters. The monoisotopic (exact) mass is 396 g/mol. The smallest absolute Gasteiger partial charge is 0.310 e. The maximum absolute atomic E-state index is 13.2. The lowest BCUT2D eigenvalue weighted by Gasteiger charge is -2.28. The molecular weight excluding hydrogens is 372 g/mol. The van der Waals surface area contributed by atoms with Gasteiger partial charge in [-0.3, -0.25) is 14.5 Å². The Morgan fingerprint density at radius 1 is 1.17 bits per heavy atom. The maximum Gasteiger partial charge on any atom is 0.310 e. The van der Waals surface area contributed by atoms with E-state index in [1.54, 1.807) is 6.92 Å². The van der Waals surface area contributed by atoms with Crippen LogP contribution in [0.1, 0.15) is 30.5 Å². The lowest BCUT2D eigenvalue weighted by Crippen LogP contribution is -2.41. The van der Waals surface area contributed by atoms with Crippen LogP contribution in [0.5, 0.6) is 11.5 Å². The van der Waals surface area contributed by atoms with E-state index < -0.39 is 17.4 Å². The molecule has 0 spiro atoms. The van der Waals surface area contributed by atoms with Crippen molar-refractivity contribution in [2.45, 2.75) is 25.9 Å². The lowest BCUT2D eigenvalue weighted by molar-refractivity contribution is -0.147. The van der Waals surface area contributed by atoms with Gasteiger partial charge in [-0.1, -0.05) is 36.4 Å². The van der Waals surface area contributed by atoms with Gasteiger partial charge >= 0.3 is 5.97 Å². The molecule has 7 nitrogen and oxygen atoms in total. The molecule has 1 saturated heterocycles. The molecule has 2 unspecified atom stereocenters. The van der Waals surface area contributed by atoms with Crippen molar-refractivity contribution < 1.29 is 24.2 Å². The normalized spacial score (nSPS) is 21.7. The molecule has 2 aliphatic rings. The number of carbonyl (C=O) groups is 2. The van der Waals surface area contributed by atoms with Gasteiger partial charge in [0.25, 0.3) is 0 Å². The number of nitrogens with one attached hydrogen (secondary N) is 1. The summed E-state index contributed by atoms with van der Waals surface area (Å²) in [6.07, 6.45) is 0.515. The van der Waals surface area contributed by atoms with Crippen LogP contribution >= 0.6 is 0 Å². The number of amides is 1. The summed E-state index contributed by atoms with van der Waals surface area (Å²) in [5.74, 6) is 0.400. The first-order valence-electron chi connectivity index (χ1n) is 9.65. The van der Waals surface area contributed by atoms with Crippen LogP contribution < -0.4 is 14.8 Å². The van der Waals surface area contributed by atoms with Gasteiger partial charge in [0, 0.05) is 19.6 Å². The largest absolute Gasteiger partial charge is 0.481 e. The summed E-state index contributed by atoms with van der Waals surface area (Å²) in [6, 6.07) is 14.5. The molecule has 0 bridgehead atoms. The number of benzene rings is 2. The van der Waals surface area contributed by atoms with Crippen LogP contribution in [-0.2, 0) is 16.1 Å². The van der Waals surface area contributed by atoms with Crippen LogP contribution in [0.3, 0.4) is 0 Å². The minimum absolute atomic E-state index is 0.150. The number of carbonyl (C=O) groups excluding carboxylic acids is 1. The fraction of sp³-hybridized carbons (Fsp3) is 0.364. The van der Waals surface area contributed by atoms with E-state index >= 15 is 0 Å². The number of fused-ring (bicyclic) bond motifs is 1. The fourth-order valence-corrected chi connectivity index (χ4v) is 3.89. The molecule has 2 N–H and O–H groups in total. The van der Waals surface area contributed by atoms with Gasteiger partial charge in [0.1, 0.15) is 6.04 Å². The van der Waals surface area contributed by atoms with E-state index in [2.05, 4.69) is 5.32 Å². The molecule has 152 valence electrons. The van der Waals surface area contributed by atoms with E-state index in [1.165, 1.54) is 0 Å². The van der Waals surface area contributed by atoms with Gasteiger partial charge in [-0.2, -0.15) is 0 Å². The average molecular weight is 396 g/mol. The Morgan fingerprint density at radius 2 is 1.93 bits per heavy atom. The van der Waals surface area contributed by atoms with Gasteiger partial charge in [0.15, 0.2) is 11.5 Å². The summed E-state index contributed by atoms with van der Waals surface area (Å²) < 4.78 is 10.7. The molecular formula is C22H24N2O5. The quantitative estimate of drug-likeness (QED) is 0.780. The number of ether oxygens (including phenoxy) is 2. The molecule has 0 aromatic heterocycles. The zero-order valence-corrected chi connectivity index (χ0v) is 16.3. The molecule has 1 amide bonds. The Labute approximate surface area is 169 Å². The highest BCUT2D eigenvalue weighted by atomic mass is 16.7. The van der Waals surface area contributed by atoms with Gasteiger partial charge in [-0.15, -0.1) is 0 Å². The van der Waals surface area contributed by atoms with E-state index in [9.17, 15) is 14.7 Å². The van der Waals surface area contributed by atoms with Crippen molar-refractivity contribution in [2.75, 3.05) is 19.9 Å². The van der Waals surface area contributed by atoms with Crippen LogP contribution in [0.25, 0.3) is 0 Å². The van der Waals surface area contributed by atoms with Crippen LogP contribution in [0.15, 0.2) is 48.5 Å². The first-order chi connectivity index (χ1) is 14.0. The number of aliphatic carboxylic acids is 1. The Morgan fingerprint density at radius 3 is 2.66 bits per heavy atom. The van der Waals surface area contributed by atoms with Crippen LogP contribution in [0.4, 0.5) is 0 Å². The number of likely N-dealkylation sites (tertiary alicyclic amines) is 1. The fourth-order valence-electron chi connectivity index (χ4n) is 3.89. The summed E-state index contributed by atoms with van der Waals surface area (Å²) in [5, 5.41) is 12.6. The number of hydrogen-bond donors (Lipinski definition) is 2. The van der Waals surface area contributed by atoms with E-state index in [0.29, 0.717) is 37.6 Å². The van der Waals surface area contributed by atoms with Gasteiger partial charge < -0.3 is 19.9 Å². The summed E-state index contributed by atoms with van der Waals surface area (Å²) in [4.78, 5) is 26.8. The Bertz CT molecular complexity index is 917. The second-order valence-electron chi connectivity index (χ2n) is 7.80. The van der Waals surface area contributed by atoms with Crippen molar-refractivity contribution in [1.82, 2.24) is 10.2 Å². The molecule has 0 saturated carbocycles. The van der Waals surface area contributed by atoms with Crippen molar-refractivity contribution in [1.29, 1.82) is 0 Å². The molecule has 29 heavy (non-hydrogen) atoms. The van der Waals surface area contributed by atoms with Gasteiger partial charge in [-0.25, -0.2) is 0 Å². The maximum atomic E-state index is 13.2. The average Bonchev–Trinajstić information content (AvgIpc) is 3.34. The van der Waals surface area contributed by atoms with Crippen molar-refractivity contribution in [3.05, 3.63) is 59.7 Å². The van der Waals surface area contributed by atoms with Crippen molar-refractivity contribution in [3.8, 4) is 11.5 Å². The number of carboxylic acids is 1. The van der Waals surface area contributed by atoms with E-state index in [0.717, 1.165) is 11.1 Å². The molecule has 2 aromatic carbocycles. The Balaban J connectivity index is 1.50. The summed E-state index contributed by atoms with van der Waals surface area (Å²) >= 11 is 0. The summed E-state index contributed by atoms with van der Waals surface area (Å²) in [5.41, 5.74) is 0.918. The molecule has 2 heterocycles. The molecule has 2 aliphatic heterocycles. The van der Waals surface area contributed by atoms with Gasteiger partial charge in [0.05, 0.1) is 5.41 Å². The van der Waals surface area contributed by atoms with Gasteiger partial charge in [-0.05, 0) is 36.6 Å². The van der Waals surface area contributed by atoms with E-state index in [4.69, 9.17) is 9.47 Å². The summed E-state index contributed by atoms with van der Waals surface area (Å²) in [6.45, 7) is 3.18.